The average molecular weight is 1020 g/mol. The summed E-state index contributed by atoms with van der Waals surface area (Å²) in [7, 11) is 1.96. The highest BCUT2D eigenvalue weighted by atomic mass is 32.2. The van der Waals surface area contributed by atoms with Gasteiger partial charge >= 0.3 is 6.03 Å². The minimum Gasteiger partial charge on any atom is -0.379 e. The number of benzene rings is 2. The number of likely N-dealkylation sites (N-methyl/N-ethyl adjacent to an activating group) is 1. The van der Waals surface area contributed by atoms with Crippen LogP contribution in [0.15, 0.2) is 66.9 Å². The molecule has 3 atom stereocenters. The molecule has 19 nitrogen and oxygen atoms in total. The van der Waals surface area contributed by atoms with Gasteiger partial charge < -0.3 is 61.6 Å². The summed E-state index contributed by atoms with van der Waals surface area (Å²) < 4.78 is 31.1. The first kappa shape index (κ1) is 57.0. The van der Waals surface area contributed by atoms with Crippen molar-refractivity contribution >= 4 is 70.3 Å². The first-order valence-corrected chi connectivity index (χ1v) is 26.2. The highest BCUT2D eigenvalue weighted by Crippen LogP contribution is 2.33. The average Bonchev–Trinajstić information content (AvgIpc) is 3.91. The summed E-state index contributed by atoms with van der Waals surface area (Å²) in [4.78, 5) is 71.1. The first-order valence-electron chi connectivity index (χ1n) is 25.1. The molecule has 5 rings (SSSR count). The third-order valence-electron chi connectivity index (χ3n) is 11.6. The van der Waals surface area contributed by atoms with Crippen molar-refractivity contribution in [1.29, 1.82) is 0 Å². The lowest BCUT2D eigenvalue weighted by Gasteiger charge is -2.16. The predicted molar refractivity (Wildman–Crippen MR) is 279 cm³/mol. The number of nitrogens with one attached hydrogen (secondary N) is 8. The molecule has 2 aliphatic heterocycles. The molecule has 72 heavy (non-hydrogen) atoms. The zero-order valence-electron chi connectivity index (χ0n) is 41.7. The SMILES string of the molecule is Cc1cccc(Nc2nc(Nc3cccc(NC(=O)/C=C/CN(C)CCCCNC(=O)CCCC(=O)NCCCOCCOCCOCCCNC(=O)CCCCC4SCC5NC(=O)NC54)c3)ncc2F)c1. The zero-order valence-corrected chi connectivity index (χ0v) is 42.6. The highest BCUT2D eigenvalue weighted by molar-refractivity contribution is 8.00. The molecule has 8 N–H and O–H groups in total. The Bertz CT molecular complexity index is 2190. The van der Waals surface area contributed by atoms with Crippen molar-refractivity contribution in [2.75, 3.05) is 101 Å². The molecule has 2 aliphatic rings. The van der Waals surface area contributed by atoms with Gasteiger partial charge in [0.25, 0.3) is 0 Å². The van der Waals surface area contributed by atoms with E-state index in [0.717, 1.165) is 62.6 Å². The third kappa shape index (κ3) is 23.1. The second kappa shape index (κ2) is 33.0. The van der Waals surface area contributed by atoms with E-state index in [1.165, 1.54) is 6.08 Å². The van der Waals surface area contributed by atoms with Crippen molar-refractivity contribution in [2.45, 2.75) is 94.9 Å². The van der Waals surface area contributed by atoms with Gasteiger partial charge in [-0.2, -0.15) is 16.7 Å². The molecule has 6 amide bonds. The summed E-state index contributed by atoms with van der Waals surface area (Å²) in [5, 5.41) is 24.0. The topological polar surface area (TPSA) is 238 Å². The number of carbonyl (C=O) groups excluding carboxylic acids is 5. The lowest BCUT2D eigenvalue weighted by molar-refractivity contribution is -0.123. The minimum atomic E-state index is -0.587. The quantitative estimate of drug-likeness (QED) is 0.0199. The lowest BCUT2D eigenvalue weighted by atomic mass is 10.0. The summed E-state index contributed by atoms with van der Waals surface area (Å²) in [6, 6.07) is 15.0. The van der Waals surface area contributed by atoms with Crippen LogP contribution < -0.4 is 42.5 Å². The van der Waals surface area contributed by atoms with E-state index in [2.05, 4.69) is 57.4 Å². The van der Waals surface area contributed by atoms with Gasteiger partial charge in [-0.3, -0.25) is 19.2 Å². The van der Waals surface area contributed by atoms with Crippen LogP contribution in [0.1, 0.15) is 76.2 Å². The molecule has 0 bridgehead atoms. The second-order valence-corrected chi connectivity index (χ2v) is 19.0. The monoisotopic (exact) mass is 1020 g/mol. The maximum atomic E-state index is 14.5. The molecule has 3 heterocycles. The van der Waals surface area contributed by atoms with Crippen molar-refractivity contribution in [3.63, 3.8) is 0 Å². The molecule has 2 fully saturated rings. The number of nitrogens with zero attached hydrogens (tertiary/aromatic N) is 3. The molecule has 1 aromatic heterocycles. The van der Waals surface area contributed by atoms with Gasteiger partial charge in [-0.05, 0) is 101 Å². The fourth-order valence-corrected chi connectivity index (χ4v) is 9.37. The Hall–Kier alpha value is -5.87. The van der Waals surface area contributed by atoms with E-state index in [9.17, 15) is 28.4 Å². The van der Waals surface area contributed by atoms with Crippen LogP contribution in [-0.4, -0.2) is 147 Å². The van der Waals surface area contributed by atoms with Gasteiger partial charge in [-0.15, -0.1) is 0 Å². The van der Waals surface area contributed by atoms with Crippen LogP contribution in [0.2, 0.25) is 0 Å². The largest absolute Gasteiger partial charge is 0.379 e. The summed E-state index contributed by atoms with van der Waals surface area (Å²) in [5.74, 6) is 0.207. The van der Waals surface area contributed by atoms with E-state index in [1.54, 1.807) is 30.3 Å². The van der Waals surface area contributed by atoms with E-state index in [-0.39, 0.29) is 66.4 Å². The van der Waals surface area contributed by atoms with Gasteiger partial charge in [0, 0.05) is 92.8 Å². The molecule has 0 spiro atoms. The Labute approximate surface area is 427 Å². The molecule has 0 saturated carbocycles. The smallest absolute Gasteiger partial charge is 0.315 e. The van der Waals surface area contributed by atoms with Crippen LogP contribution in [0.25, 0.3) is 0 Å². The number of hydrogen-bond acceptors (Lipinski definition) is 14. The van der Waals surface area contributed by atoms with Gasteiger partial charge in [-0.25, -0.2) is 14.2 Å². The van der Waals surface area contributed by atoms with Crippen LogP contribution in [-0.2, 0) is 33.4 Å². The Kier molecular flexibility index (Phi) is 26.1. The maximum Gasteiger partial charge on any atom is 0.315 e. The van der Waals surface area contributed by atoms with Crippen LogP contribution in [0.3, 0.4) is 0 Å². The third-order valence-corrected chi connectivity index (χ3v) is 13.1. The Morgan fingerprint density at radius 3 is 2.08 bits per heavy atom. The molecule has 394 valence electrons. The van der Waals surface area contributed by atoms with Gasteiger partial charge in [-0.1, -0.05) is 30.7 Å². The predicted octanol–water partition coefficient (Wildman–Crippen LogP) is 5.69. The van der Waals surface area contributed by atoms with Gasteiger partial charge in [0.15, 0.2) is 11.6 Å². The van der Waals surface area contributed by atoms with Gasteiger partial charge in [0.1, 0.15) is 0 Å². The number of halogens is 1. The normalized spacial score (nSPS) is 16.0. The Morgan fingerprint density at radius 1 is 0.764 bits per heavy atom. The zero-order chi connectivity index (χ0) is 51.2. The molecule has 21 heteroatoms. The van der Waals surface area contributed by atoms with E-state index in [1.807, 2.05) is 50.0 Å². The van der Waals surface area contributed by atoms with Crippen LogP contribution in [0.4, 0.5) is 38.0 Å². The standard InChI is InChI=1S/C51H74FN11O8S/c1-37-13-7-14-38(33-37)58-49-41(52)35-56-50(62-49)59-40-16-8-15-39(34-40)57-47(67)21-10-26-63(2)25-6-5-22-53-45(65)19-9-20-46(66)55-24-12-28-70-30-32-71-31-29-69-27-11-23-54-44(64)18-4-3-17-43-48-42(36-72-43)60-51(68)61-48/h7-8,10,13-16,21,33-35,42-43,48H,3-6,9,11-12,17-20,22-32,36H2,1-2H3,(H,53,65)(H,54,64)(H,55,66)(H,57,67)(H2,60,61,68)(H2,56,58,59,62)/b21-10+. The lowest BCUT2D eigenvalue weighted by Crippen LogP contribution is -2.36. The molecular formula is C51H74FN11O8S. The van der Waals surface area contributed by atoms with E-state index in [0.29, 0.717) is 107 Å². The van der Waals surface area contributed by atoms with Crippen molar-refractivity contribution in [3.8, 4) is 0 Å². The number of thioether (sulfide) groups is 1. The summed E-state index contributed by atoms with van der Waals surface area (Å²) in [6.07, 6.45) is 11.8. The van der Waals surface area contributed by atoms with Crippen LogP contribution in [0, 0.1) is 12.7 Å². The highest BCUT2D eigenvalue weighted by Gasteiger charge is 2.42. The van der Waals surface area contributed by atoms with Gasteiger partial charge in [0.2, 0.25) is 29.6 Å². The fraction of sp³-hybridized carbons (Fsp3) is 0.549. The van der Waals surface area contributed by atoms with Crippen molar-refractivity contribution < 1.29 is 42.6 Å². The number of aryl methyl sites for hydroxylation is 1. The summed E-state index contributed by atoms with van der Waals surface area (Å²) >= 11 is 1.90. The van der Waals surface area contributed by atoms with Crippen LogP contribution in [0.5, 0.6) is 0 Å². The number of ether oxygens (including phenoxy) is 3. The maximum absolute atomic E-state index is 14.5. The van der Waals surface area contributed by atoms with Crippen molar-refractivity contribution in [1.82, 2.24) is 41.5 Å². The van der Waals surface area contributed by atoms with E-state index >= 15 is 0 Å². The number of unbranched alkanes of at least 4 members (excludes halogenated alkanes) is 2. The number of rotatable bonds is 36. The van der Waals surface area contributed by atoms with Gasteiger partial charge in [0.05, 0.1) is 44.7 Å². The summed E-state index contributed by atoms with van der Waals surface area (Å²) in [6.45, 7) is 7.80. The molecule has 2 saturated heterocycles. The summed E-state index contributed by atoms with van der Waals surface area (Å²) in [5.41, 5.74) is 2.91. The molecule has 0 radical (unpaired) electrons. The Balaban J connectivity index is 0.755. The fourth-order valence-electron chi connectivity index (χ4n) is 7.82. The number of amides is 6. The molecule has 2 aromatic carbocycles. The van der Waals surface area contributed by atoms with Crippen molar-refractivity contribution in [2.24, 2.45) is 0 Å². The van der Waals surface area contributed by atoms with Crippen LogP contribution >= 0.6 is 11.8 Å². The molecule has 0 aliphatic carbocycles. The van der Waals surface area contributed by atoms with E-state index < -0.39 is 5.82 Å². The number of urea groups is 1. The van der Waals surface area contributed by atoms with Crippen molar-refractivity contribution in [3.05, 3.63) is 78.3 Å². The number of fused-ring (bicyclic) bond motifs is 1. The number of carbonyl (C=O) groups is 5. The number of aromatic nitrogens is 2. The molecule has 3 aromatic rings. The van der Waals surface area contributed by atoms with E-state index in [4.69, 9.17) is 14.2 Å². The molecule has 3 unspecified atom stereocenters. The second-order valence-electron chi connectivity index (χ2n) is 17.8. The number of anilines is 5. The number of hydrogen-bond donors (Lipinski definition) is 8. The minimum absolute atomic E-state index is 0.0371. The molecular weight excluding hydrogens is 946 g/mol. The Morgan fingerprint density at radius 2 is 1.39 bits per heavy atom. The first-order chi connectivity index (χ1) is 35.0.